The average Bonchev–Trinajstić information content (AvgIpc) is 2.28. The van der Waals surface area contributed by atoms with Crippen molar-refractivity contribution in [2.75, 3.05) is 13.7 Å². The standard InChI is InChI=1S/C11H9ClO3/c1-14-11(13)8-5-7-3-2-4-9(12)10(7)15-6-8/h2-5H,6H2,1H3. The van der Waals surface area contributed by atoms with Gasteiger partial charge in [-0.25, -0.2) is 4.79 Å². The van der Waals surface area contributed by atoms with Crippen molar-refractivity contribution < 1.29 is 14.3 Å². The van der Waals surface area contributed by atoms with Gasteiger partial charge in [0.2, 0.25) is 0 Å². The van der Waals surface area contributed by atoms with Gasteiger partial charge in [-0.1, -0.05) is 23.7 Å². The lowest BCUT2D eigenvalue weighted by Gasteiger charge is -2.17. The van der Waals surface area contributed by atoms with Gasteiger partial charge in [0.15, 0.2) is 0 Å². The van der Waals surface area contributed by atoms with Crippen LogP contribution in [0.25, 0.3) is 6.08 Å². The molecule has 1 aliphatic rings. The van der Waals surface area contributed by atoms with Gasteiger partial charge in [0.1, 0.15) is 12.4 Å². The summed E-state index contributed by atoms with van der Waals surface area (Å²) in [4.78, 5) is 11.3. The molecule has 0 saturated carbocycles. The molecule has 1 aliphatic heterocycles. The highest BCUT2D eigenvalue weighted by Crippen LogP contribution is 2.33. The first-order chi connectivity index (χ1) is 7.22. The Hall–Kier alpha value is -1.48. The Morgan fingerprint density at radius 2 is 2.33 bits per heavy atom. The predicted octanol–water partition coefficient (Wildman–Crippen LogP) is 2.29. The van der Waals surface area contributed by atoms with Crippen LogP contribution in [0.15, 0.2) is 23.8 Å². The fourth-order valence-electron chi connectivity index (χ4n) is 1.42. The van der Waals surface area contributed by atoms with Crippen LogP contribution < -0.4 is 4.74 Å². The number of benzene rings is 1. The van der Waals surface area contributed by atoms with Crippen LogP contribution in [0.3, 0.4) is 0 Å². The van der Waals surface area contributed by atoms with E-state index < -0.39 is 0 Å². The van der Waals surface area contributed by atoms with Crippen molar-refractivity contribution in [1.29, 1.82) is 0 Å². The molecule has 0 unspecified atom stereocenters. The largest absolute Gasteiger partial charge is 0.486 e. The molecule has 0 aliphatic carbocycles. The summed E-state index contributed by atoms with van der Waals surface area (Å²) >= 11 is 5.93. The maximum absolute atomic E-state index is 11.3. The van der Waals surface area contributed by atoms with E-state index in [1.165, 1.54) is 7.11 Å². The third-order valence-corrected chi connectivity index (χ3v) is 2.44. The molecule has 0 radical (unpaired) electrons. The normalized spacial score (nSPS) is 13.6. The molecule has 4 heteroatoms. The minimum absolute atomic E-state index is 0.198. The van der Waals surface area contributed by atoms with E-state index in [4.69, 9.17) is 16.3 Å². The van der Waals surface area contributed by atoms with Gasteiger partial charge in [-0.15, -0.1) is 0 Å². The van der Waals surface area contributed by atoms with Crippen LogP contribution >= 0.6 is 11.6 Å². The van der Waals surface area contributed by atoms with Crippen LogP contribution in [0, 0.1) is 0 Å². The third-order valence-electron chi connectivity index (χ3n) is 2.15. The van der Waals surface area contributed by atoms with E-state index in [2.05, 4.69) is 4.74 Å². The molecule has 0 N–H and O–H groups in total. The molecule has 0 bridgehead atoms. The third kappa shape index (κ3) is 1.83. The summed E-state index contributed by atoms with van der Waals surface area (Å²) < 4.78 is 10.0. The highest BCUT2D eigenvalue weighted by Gasteiger charge is 2.18. The highest BCUT2D eigenvalue weighted by molar-refractivity contribution is 6.32. The number of esters is 1. The second kappa shape index (κ2) is 3.95. The molecular formula is C11H9ClO3. The first kappa shape index (κ1) is 10.1. The van der Waals surface area contributed by atoms with Gasteiger partial charge in [0, 0.05) is 5.56 Å². The fourth-order valence-corrected chi connectivity index (χ4v) is 1.66. The Kier molecular flexibility index (Phi) is 2.64. The summed E-state index contributed by atoms with van der Waals surface area (Å²) in [5, 5.41) is 0.549. The molecule has 1 heterocycles. The van der Waals surface area contributed by atoms with Gasteiger partial charge in [0.25, 0.3) is 0 Å². The van der Waals surface area contributed by atoms with Crippen molar-refractivity contribution in [1.82, 2.24) is 0 Å². The van der Waals surface area contributed by atoms with Crippen molar-refractivity contribution in [3.05, 3.63) is 34.4 Å². The zero-order chi connectivity index (χ0) is 10.8. The fraction of sp³-hybridized carbons (Fsp3) is 0.182. The highest BCUT2D eigenvalue weighted by atomic mass is 35.5. The number of rotatable bonds is 1. The van der Waals surface area contributed by atoms with E-state index in [1.54, 1.807) is 18.2 Å². The molecular weight excluding hydrogens is 216 g/mol. The summed E-state index contributed by atoms with van der Waals surface area (Å²) in [7, 11) is 1.34. The number of fused-ring (bicyclic) bond motifs is 1. The molecule has 1 aromatic rings. The van der Waals surface area contributed by atoms with Crippen LogP contribution in [-0.2, 0) is 9.53 Å². The SMILES string of the molecule is COC(=O)C1=Cc2cccc(Cl)c2OC1. The molecule has 0 saturated heterocycles. The number of carbonyl (C=O) groups excluding carboxylic acids is 1. The number of hydrogen-bond donors (Lipinski definition) is 0. The molecule has 78 valence electrons. The van der Waals surface area contributed by atoms with E-state index in [0.29, 0.717) is 16.3 Å². The van der Waals surface area contributed by atoms with Gasteiger partial charge in [0.05, 0.1) is 17.7 Å². The number of hydrogen-bond acceptors (Lipinski definition) is 3. The summed E-state index contributed by atoms with van der Waals surface area (Å²) in [6.07, 6.45) is 1.73. The molecule has 2 rings (SSSR count). The number of methoxy groups -OCH3 is 1. The van der Waals surface area contributed by atoms with Gasteiger partial charge in [-0.05, 0) is 12.1 Å². The van der Waals surface area contributed by atoms with Gasteiger partial charge in [-0.2, -0.15) is 0 Å². The van der Waals surface area contributed by atoms with Crippen LogP contribution in [0.2, 0.25) is 5.02 Å². The zero-order valence-electron chi connectivity index (χ0n) is 8.12. The van der Waals surface area contributed by atoms with Gasteiger partial charge >= 0.3 is 5.97 Å². The monoisotopic (exact) mass is 224 g/mol. The summed E-state index contributed by atoms with van der Waals surface area (Å²) in [6.45, 7) is 0.198. The van der Waals surface area contributed by atoms with Crippen LogP contribution in [-0.4, -0.2) is 19.7 Å². The Balaban J connectivity index is 2.42. The van der Waals surface area contributed by atoms with E-state index in [0.717, 1.165) is 5.56 Å². The average molecular weight is 225 g/mol. The Morgan fingerprint density at radius 3 is 3.07 bits per heavy atom. The first-order valence-corrected chi connectivity index (χ1v) is 4.80. The number of ether oxygens (including phenoxy) is 2. The first-order valence-electron chi connectivity index (χ1n) is 4.42. The molecule has 0 atom stereocenters. The molecule has 0 fully saturated rings. The molecule has 1 aromatic carbocycles. The van der Waals surface area contributed by atoms with Crippen LogP contribution in [0.4, 0.5) is 0 Å². The van der Waals surface area contributed by atoms with Crippen molar-refractivity contribution >= 4 is 23.6 Å². The van der Waals surface area contributed by atoms with Crippen molar-refractivity contribution in [3.63, 3.8) is 0 Å². The topological polar surface area (TPSA) is 35.5 Å². The molecule has 0 aromatic heterocycles. The van der Waals surface area contributed by atoms with E-state index in [1.807, 2.05) is 6.07 Å². The van der Waals surface area contributed by atoms with Crippen molar-refractivity contribution in [3.8, 4) is 5.75 Å². The minimum atomic E-state index is -0.374. The molecule has 15 heavy (non-hydrogen) atoms. The molecule has 0 amide bonds. The summed E-state index contributed by atoms with van der Waals surface area (Å²) in [5.41, 5.74) is 1.29. The smallest absolute Gasteiger partial charge is 0.337 e. The maximum Gasteiger partial charge on any atom is 0.337 e. The lowest BCUT2D eigenvalue weighted by Crippen LogP contribution is -2.16. The Bertz CT molecular complexity index is 437. The zero-order valence-corrected chi connectivity index (χ0v) is 8.88. The number of halogens is 1. The Labute approximate surface area is 92.3 Å². The lowest BCUT2D eigenvalue weighted by atomic mass is 10.1. The van der Waals surface area contributed by atoms with Gasteiger partial charge in [-0.3, -0.25) is 0 Å². The van der Waals surface area contributed by atoms with Crippen LogP contribution in [0.5, 0.6) is 5.75 Å². The molecule has 0 spiro atoms. The minimum Gasteiger partial charge on any atom is -0.486 e. The predicted molar refractivity (Wildman–Crippen MR) is 56.9 cm³/mol. The van der Waals surface area contributed by atoms with Crippen molar-refractivity contribution in [2.45, 2.75) is 0 Å². The Morgan fingerprint density at radius 1 is 1.53 bits per heavy atom. The van der Waals surface area contributed by atoms with E-state index in [9.17, 15) is 4.79 Å². The maximum atomic E-state index is 11.3. The number of para-hydroxylation sites is 1. The van der Waals surface area contributed by atoms with E-state index >= 15 is 0 Å². The lowest BCUT2D eigenvalue weighted by molar-refractivity contribution is -0.136. The van der Waals surface area contributed by atoms with E-state index in [-0.39, 0.29) is 12.6 Å². The summed E-state index contributed by atoms with van der Waals surface area (Å²) in [6, 6.07) is 5.39. The van der Waals surface area contributed by atoms with Crippen LogP contribution in [0.1, 0.15) is 5.56 Å². The van der Waals surface area contributed by atoms with Gasteiger partial charge < -0.3 is 9.47 Å². The quantitative estimate of drug-likeness (QED) is 0.687. The van der Waals surface area contributed by atoms with Crippen molar-refractivity contribution in [2.24, 2.45) is 0 Å². The molecule has 3 nitrogen and oxygen atoms in total. The second-order valence-electron chi connectivity index (χ2n) is 3.11. The number of carbonyl (C=O) groups is 1. The second-order valence-corrected chi connectivity index (χ2v) is 3.52. The summed E-state index contributed by atoms with van der Waals surface area (Å²) in [5.74, 6) is 0.243.